The number of ether oxygens (including phenoxy) is 2. The van der Waals surface area contributed by atoms with E-state index in [1.54, 1.807) is 24.3 Å². The number of methoxy groups -OCH3 is 1. The van der Waals surface area contributed by atoms with Crippen molar-refractivity contribution >= 4 is 40.7 Å². The molecular weight excluding hydrogens is 422 g/mol. The smallest absolute Gasteiger partial charge is 0.418 e. The number of nitrogens with one attached hydrogen (secondary N) is 2. The van der Waals surface area contributed by atoms with Crippen molar-refractivity contribution in [1.29, 1.82) is 0 Å². The maximum atomic E-state index is 13.3. The first-order valence-corrected chi connectivity index (χ1v) is 9.50. The zero-order valence-corrected chi connectivity index (χ0v) is 17.6. The van der Waals surface area contributed by atoms with Crippen molar-refractivity contribution < 1.29 is 33.1 Å². The summed E-state index contributed by atoms with van der Waals surface area (Å²) in [5.74, 6) is -2.99. The van der Waals surface area contributed by atoms with E-state index < -0.39 is 35.3 Å². The molecule has 4 rings (SSSR count). The molecule has 3 heterocycles. The number of oxazole rings is 1. The van der Waals surface area contributed by atoms with Gasteiger partial charge in [-0.15, -0.1) is 0 Å². The predicted molar refractivity (Wildman–Crippen MR) is 108 cm³/mol. The van der Waals surface area contributed by atoms with Crippen molar-refractivity contribution in [3.05, 3.63) is 35.9 Å². The molecule has 3 aromatic rings. The quantitative estimate of drug-likeness (QED) is 0.430. The van der Waals surface area contributed by atoms with Crippen LogP contribution >= 0.6 is 0 Å². The summed E-state index contributed by atoms with van der Waals surface area (Å²) in [6.07, 6.45) is -1.14. The summed E-state index contributed by atoms with van der Waals surface area (Å²) >= 11 is 0. The highest BCUT2D eigenvalue weighted by atomic mass is 16.6. The van der Waals surface area contributed by atoms with Crippen molar-refractivity contribution in [2.45, 2.75) is 32.4 Å². The van der Waals surface area contributed by atoms with Crippen LogP contribution in [0.25, 0.3) is 11.0 Å². The number of aryl methyl sites for hydroxylation is 1. The zero-order valence-electron chi connectivity index (χ0n) is 17.6. The van der Waals surface area contributed by atoms with Crippen molar-refractivity contribution in [3.8, 4) is 5.95 Å². The van der Waals surface area contributed by atoms with E-state index in [-0.39, 0.29) is 23.5 Å². The van der Waals surface area contributed by atoms with Gasteiger partial charge in [-0.2, -0.15) is 0 Å². The first-order chi connectivity index (χ1) is 15.1. The number of benzene rings is 1. The number of carbonyl (C=O) groups excluding carboxylic acids is 4. The molecule has 3 amide bonds. The van der Waals surface area contributed by atoms with Crippen LogP contribution in [0.3, 0.4) is 0 Å². The Morgan fingerprint density at radius 1 is 1.22 bits per heavy atom. The maximum absolute atomic E-state index is 13.3. The molecule has 166 valence electrons. The number of rotatable bonds is 6. The second-order valence-electron chi connectivity index (χ2n) is 7.49. The van der Waals surface area contributed by atoms with E-state index >= 15 is 0 Å². The number of carbonyl (C=O) groups is 4. The van der Waals surface area contributed by atoms with Gasteiger partial charge in [0.2, 0.25) is 11.7 Å². The van der Waals surface area contributed by atoms with Gasteiger partial charge in [-0.05, 0) is 26.0 Å². The largest absolute Gasteiger partial charge is 0.467 e. The Balaban J connectivity index is 1.74. The standard InChI is InChI=1S/C20H19N5O7/c1-9-21-12(16(30-4)31-9)14(26)13(25-17(28)20(2,3)32-19(25)29)15(27)24-18-22-10-7-5-6-8-11(10)23-18/h5-8,13H,1-4H3,(H2,22,23,24,27). The molecule has 0 bridgehead atoms. The van der Waals surface area contributed by atoms with Crippen LogP contribution in [-0.2, 0) is 14.3 Å². The highest BCUT2D eigenvalue weighted by Gasteiger charge is 2.54. The molecule has 12 heteroatoms. The number of para-hydroxylation sites is 2. The van der Waals surface area contributed by atoms with Crippen LogP contribution < -0.4 is 10.1 Å². The minimum absolute atomic E-state index is 0.0246. The Bertz CT molecular complexity index is 1230. The molecule has 1 aliphatic heterocycles. The van der Waals surface area contributed by atoms with Gasteiger partial charge >= 0.3 is 12.0 Å². The fourth-order valence-corrected chi connectivity index (χ4v) is 3.29. The summed E-state index contributed by atoms with van der Waals surface area (Å²) in [6, 6.07) is 5.06. The third-order valence-corrected chi connectivity index (χ3v) is 4.78. The Kier molecular flexibility index (Phi) is 4.92. The van der Waals surface area contributed by atoms with E-state index in [9.17, 15) is 19.2 Å². The third kappa shape index (κ3) is 3.45. The van der Waals surface area contributed by atoms with Crippen LogP contribution in [0.15, 0.2) is 28.7 Å². The van der Waals surface area contributed by atoms with Gasteiger partial charge in [0, 0.05) is 6.92 Å². The number of fused-ring (bicyclic) bond motifs is 1. The average Bonchev–Trinajstić information content (AvgIpc) is 3.37. The molecule has 1 fully saturated rings. The van der Waals surface area contributed by atoms with Crippen LogP contribution in [0.2, 0.25) is 0 Å². The summed E-state index contributed by atoms with van der Waals surface area (Å²) in [7, 11) is 1.25. The second-order valence-corrected chi connectivity index (χ2v) is 7.49. The summed E-state index contributed by atoms with van der Waals surface area (Å²) < 4.78 is 15.3. The number of anilines is 1. The van der Waals surface area contributed by atoms with Crippen LogP contribution in [0.1, 0.15) is 30.2 Å². The lowest BCUT2D eigenvalue weighted by Gasteiger charge is -2.21. The molecule has 0 saturated carbocycles. The molecule has 1 aliphatic rings. The van der Waals surface area contributed by atoms with Crippen LogP contribution in [0.4, 0.5) is 10.7 Å². The lowest BCUT2D eigenvalue weighted by molar-refractivity contribution is -0.137. The number of hydrogen-bond donors (Lipinski definition) is 2. The lowest BCUT2D eigenvalue weighted by atomic mass is 10.0. The van der Waals surface area contributed by atoms with E-state index in [1.807, 2.05) is 0 Å². The first kappa shape index (κ1) is 21.0. The fraction of sp³-hybridized carbons (Fsp3) is 0.300. The van der Waals surface area contributed by atoms with Gasteiger partial charge in [-0.1, -0.05) is 12.1 Å². The molecule has 2 aromatic heterocycles. The van der Waals surface area contributed by atoms with Gasteiger partial charge in [0.1, 0.15) is 0 Å². The molecule has 32 heavy (non-hydrogen) atoms. The van der Waals surface area contributed by atoms with Crippen LogP contribution in [0, 0.1) is 6.92 Å². The lowest BCUT2D eigenvalue weighted by Crippen LogP contribution is -2.53. The molecule has 1 aromatic carbocycles. The molecule has 1 atom stereocenters. The average molecular weight is 441 g/mol. The molecule has 0 spiro atoms. The van der Waals surface area contributed by atoms with Crippen molar-refractivity contribution in [3.63, 3.8) is 0 Å². The molecule has 0 radical (unpaired) electrons. The number of Topliss-reactive ketones (excluding diaryl/α,β-unsaturated/α-hetero) is 1. The predicted octanol–water partition coefficient (Wildman–Crippen LogP) is 1.82. The number of amides is 3. The fourth-order valence-electron chi connectivity index (χ4n) is 3.29. The van der Waals surface area contributed by atoms with Crippen LogP contribution in [-0.4, -0.2) is 62.3 Å². The van der Waals surface area contributed by atoms with E-state index in [0.717, 1.165) is 0 Å². The number of H-pyrrole nitrogens is 1. The van der Waals surface area contributed by atoms with E-state index in [1.165, 1.54) is 27.9 Å². The number of imide groups is 1. The van der Waals surface area contributed by atoms with Gasteiger partial charge in [-0.3, -0.25) is 19.7 Å². The minimum Gasteiger partial charge on any atom is -0.467 e. The van der Waals surface area contributed by atoms with E-state index in [0.29, 0.717) is 15.9 Å². The number of cyclic esters (lactones) is 1. The van der Waals surface area contributed by atoms with Crippen LogP contribution in [0.5, 0.6) is 5.95 Å². The summed E-state index contributed by atoms with van der Waals surface area (Å²) in [4.78, 5) is 63.4. The molecule has 2 N–H and O–H groups in total. The highest BCUT2D eigenvalue weighted by Crippen LogP contribution is 2.29. The number of aromatic nitrogens is 3. The Morgan fingerprint density at radius 2 is 1.94 bits per heavy atom. The van der Waals surface area contributed by atoms with Crippen molar-refractivity contribution in [2.24, 2.45) is 0 Å². The Labute approximate surface area is 180 Å². The SMILES string of the molecule is COc1oc(C)nc1C(=O)C(C(=O)Nc1nc2ccccc2[nH]1)N1C(=O)OC(C)(C)C1=O. The van der Waals surface area contributed by atoms with Crippen molar-refractivity contribution in [2.75, 3.05) is 12.4 Å². The normalized spacial score (nSPS) is 16.2. The summed E-state index contributed by atoms with van der Waals surface area (Å²) in [5.41, 5.74) is -0.700. The number of aromatic amines is 1. The molecular formula is C20H19N5O7. The Morgan fingerprint density at radius 3 is 2.56 bits per heavy atom. The van der Waals surface area contributed by atoms with E-state index in [2.05, 4.69) is 20.3 Å². The molecule has 1 unspecified atom stereocenters. The van der Waals surface area contributed by atoms with Gasteiger partial charge < -0.3 is 18.9 Å². The monoisotopic (exact) mass is 441 g/mol. The Hall–Kier alpha value is -4.22. The number of ketones is 1. The molecule has 0 aliphatic carbocycles. The number of hydrogen-bond acceptors (Lipinski definition) is 9. The number of nitrogens with zero attached hydrogens (tertiary/aromatic N) is 3. The van der Waals surface area contributed by atoms with Crippen molar-refractivity contribution in [1.82, 2.24) is 19.9 Å². The maximum Gasteiger partial charge on any atom is 0.418 e. The second kappa shape index (κ2) is 7.48. The molecule has 1 saturated heterocycles. The highest BCUT2D eigenvalue weighted by molar-refractivity contribution is 6.21. The third-order valence-electron chi connectivity index (χ3n) is 4.78. The molecule has 12 nitrogen and oxygen atoms in total. The summed E-state index contributed by atoms with van der Waals surface area (Å²) in [6.45, 7) is 4.18. The first-order valence-electron chi connectivity index (χ1n) is 9.50. The van der Waals surface area contributed by atoms with Gasteiger partial charge in [0.25, 0.3) is 11.8 Å². The van der Waals surface area contributed by atoms with Gasteiger partial charge in [-0.25, -0.2) is 19.7 Å². The van der Waals surface area contributed by atoms with E-state index in [4.69, 9.17) is 13.9 Å². The van der Waals surface area contributed by atoms with Gasteiger partial charge in [0.05, 0.1) is 18.1 Å². The van der Waals surface area contributed by atoms with Gasteiger partial charge in [0.15, 0.2) is 23.2 Å². The number of imidazole rings is 1. The zero-order chi connectivity index (χ0) is 23.2. The summed E-state index contributed by atoms with van der Waals surface area (Å²) in [5, 5.41) is 2.44. The topological polar surface area (TPSA) is 157 Å². The minimum atomic E-state index is -1.94.